The minimum Gasteiger partial charge on any atom is -0.342 e. The first-order chi connectivity index (χ1) is 15.2. The summed E-state index contributed by atoms with van der Waals surface area (Å²) in [5.41, 5.74) is 1.22. The molecule has 1 aliphatic heterocycles. The van der Waals surface area contributed by atoms with Gasteiger partial charge in [-0.2, -0.15) is 0 Å². The normalized spacial score (nSPS) is 25.9. The summed E-state index contributed by atoms with van der Waals surface area (Å²) in [6.45, 7) is 3.06. The first-order valence-corrected chi connectivity index (χ1v) is 12.8. The van der Waals surface area contributed by atoms with Crippen LogP contribution in [0.25, 0.3) is 11.1 Å². The van der Waals surface area contributed by atoms with E-state index in [4.69, 9.17) is 0 Å². The number of likely N-dealkylation sites (tertiary alicyclic amines) is 1. The highest BCUT2D eigenvalue weighted by Gasteiger charge is 2.47. The van der Waals surface area contributed by atoms with Crippen LogP contribution in [-0.4, -0.2) is 44.6 Å². The predicted molar refractivity (Wildman–Crippen MR) is 119 cm³/mol. The van der Waals surface area contributed by atoms with E-state index in [-0.39, 0.29) is 35.3 Å². The van der Waals surface area contributed by atoms with Crippen molar-refractivity contribution >= 4 is 15.9 Å². The molecule has 0 unspecified atom stereocenters. The lowest BCUT2D eigenvalue weighted by molar-refractivity contribution is -0.132. The van der Waals surface area contributed by atoms with Gasteiger partial charge in [-0.1, -0.05) is 37.3 Å². The van der Waals surface area contributed by atoms with Gasteiger partial charge in [0.05, 0.1) is 11.8 Å². The van der Waals surface area contributed by atoms with Gasteiger partial charge in [-0.3, -0.25) is 4.79 Å². The van der Waals surface area contributed by atoms with Crippen LogP contribution in [-0.2, 0) is 14.8 Å². The Morgan fingerprint density at radius 2 is 1.69 bits per heavy atom. The van der Waals surface area contributed by atoms with Crippen LogP contribution in [0.2, 0.25) is 0 Å². The molecule has 1 N–H and O–H groups in total. The zero-order valence-corrected chi connectivity index (χ0v) is 19.0. The van der Waals surface area contributed by atoms with Gasteiger partial charge in [-0.15, -0.1) is 0 Å². The Labute approximate surface area is 187 Å². The van der Waals surface area contributed by atoms with Gasteiger partial charge in [0.2, 0.25) is 15.9 Å². The highest BCUT2D eigenvalue weighted by Crippen LogP contribution is 2.51. The summed E-state index contributed by atoms with van der Waals surface area (Å²) in [6.07, 6.45) is 3.07. The van der Waals surface area contributed by atoms with Crippen molar-refractivity contribution in [2.45, 2.75) is 38.1 Å². The molecule has 1 saturated heterocycles. The quantitative estimate of drug-likeness (QED) is 0.733. The Morgan fingerprint density at radius 3 is 2.38 bits per heavy atom. The molecule has 4 atom stereocenters. The van der Waals surface area contributed by atoms with Crippen molar-refractivity contribution in [2.75, 3.05) is 19.3 Å². The minimum absolute atomic E-state index is 0.0333. The number of amides is 1. The van der Waals surface area contributed by atoms with Crippen LogP contribution >= 0.6 is 0 Å². The van der Waals surface area contributed by atoms with Gasteiger partial charge in [0.25, 0.3) is 0 Å². The van der Waals surface area contributed by atoms with Crippen LogP contribution in [0.4, 0.5) is 8.78 Å². The number of halogens is 2. The molecular formula is C24H28F2N2O3S. The van der Waals surface area contributed by atoms with E-state index in [1.165, 1.54) is 18.2 Å². The van der Waals surface area contributed by atoms with E-state index in [9.17, 15) is 22.0 Å². The first kappa shape index (κ1) is 22.9. The predicted octanol–water partition coefficient (Wildman–Crippen LogP) is 3.91. The Bertz CT molecular complexity index is 1100. The molecule has 1 aliphatic carbocycles. The molecule has 4 rings (SSSR count). The topological polar surface area (TPSA) is 66.5 Å². The van der Waals surface area contributed by atoms with E-state index in [0.29, 0.717) is 37.9 Å². The van der Waals surface area contributed by atoms with Crippen LogP contribution in [0, 0.1) is 23.5 Å². The lowest BCUT2D eigenvalue weighted by Gasteiger charge is -2.21. The molecule has 1 amide bonds. The maximum atomic E-state index is 14.4. The largest absolute Gasteiger partial charge is 0.342 e. The Morgan fingerprint density at radius 1 is 1.03 bits per heavy atom. The van der Waals surface area contributed by atoms with Crippen LogP contribution < -0.4 is 4.72 Å². The van der Waals surface area contributed by atoms with E-state index in [1.54, 1.807) is 12.1 Å². The molecule has 1 saturated carbocycles. The number of rotatable bonds is 5. The molecule has 2 aromatic rings. The van der Waals surface area contributed by atoms with Gasteiger partial charge >= 0.3 is 0 Å². The lowest BCUT2D eigenvalue weighted by atomic mass is 9.95. The molecule has 0 radical (unpaired) electrons. The van der Waals surface area contributed by atoms with Crippen molar-refractivity contribution in [2.24, 2.45) is 11.8 Å². The Hall–Kier alpha value is -2.32. The van der Waals surface area contributed by atoms with Crippen molar-refractivity contribution < 1.29 is 22.0 Å². The van der Waals surface area contributed by atoms with Crippen molar-refractivity contribution in [3.63, 3.8) is 0 Å². The van der Waals surface area contributed by atoms with Gasteiger partial charge in [0.1, 0.15) is 11.6 Å². The molecule has 0 spiro atoms. The third-order valence-corrected chi connectivity index (χ3v) is 7.36. The molecule has 8 heteroatoms. The Kier molecular flexibility index (Phi) is 6.36. The lowest BCUT2D eigenvalue weighted by Crippen LogP contribution is -2.39. The van der Waals surface area contributed by atoms with Crippen molar-refractivity contribution in [3.8, 4) is 11.1 Å². The number of nitrogens with zero attached hydrogens (tertiary/aromatic N) is 1. The number of hydrogen-bond acceptors (Lipinski definition) is 3. The van der Waals surface area contributed by atoms with Gasteiger partial charge < -0.3 is 4.90 Å². The maximum Gasteiger partial charge on any atom is 0.226 e. The average molecular weight is 463 g/mol. The van der Waals surface area contributed by atoms with Crippen LogP contribution in [0.5, 0.6) is 0 Å². The molecule has 0 aromatic heterocycles. The standard InChI is InChI=1S/C24H28F2N2O3S/c1-15-10-12-28(13-11-22(15)27-32(2,30)31)24(29)19-14-18(19)16-6-3-4-7-17(16)23-20(25)8-5-9-21(23)26/h3-9,15,18-19,22,27H,10-14H2,1-2H3/t15-,18-,19+,22+/m0/s1. The fraction of sp³-hybridized carbons (Fsp3) is 0.458. The summed E-state index contributed by atoms with van der Waals surface area (Å²) in [5, 5.41) is 0. The van der Waals surface area contributed by atoms with E-state index >= 15 is 0 Å². The number of sulfonamides is 1. The average Bonchev–Trinajstić information content (AvgIpc) is 3.53. The summed E-state index contributed by atoms with van der Waals surface area (Å²) in [6, 6.07) is 10.7. The SMILES string of the molecule is C[C@H]1CCN(C(=O)[C@@H]2C[C@H]2c2ccccc2-c2c(F)cccc2F)CC[C@H]1NS(C)(=O)=O. The van der Waals surface area contributed by atoms with Gasteiger partial charge in [0.15, 0.2) is 0 Å². The highest BCUT2D eigenvalue weighted by atomic mass is 32.2. The number of carbonyl (C=O) groups excluding carboxylic acids is 1. The third kappa shape index (κ3) is 4.86. The molecule has 1 heterocycles. The van der Waals surface area contributed by atoms with Crippen LogP contribution in [0.15, 0.2) is 42.5 Å². The van der Waals surface area contributed by atoms with E-state index in [2.05, 4.69) is 4.72 Å². The second-order valence-electron chi connectivity index (χ2n) is 9.01. The summed E-state index contributed by atoms with van der Waals surface area (Å²) in [5.74, 6) is -1.38. The van der Waals surface area contributed by atoms with Gasteiger partial charge in [-0.25, -0.2) is 21.9 Å². The monoisotopic (exact) mass is 462 g/mol. The summed E-state index contributed by atoms with van der Waals surface area (Å²) < 4.78 is 54.8. The number of hydrogen-bond donors (Lipinski definition) is 1. The highest BCUT2D eigenvalue weighted by molar-refractivity contribution is 7.88. The second kappa shape index (κ2) is 8.90. The van der Waals surface area contributed by atoms with Crippen molar-refractivity contribution in [1.29, 1.82) is 0 Å². The smallest absolute Gasteiger partial charge is 0.226 e. The summed E-state index contributed by atoms with van der Waals surface area (Å²) in [4.78, 5) is 15.0. The van der Waals surface area contributed by atoms with Crippen LogP contribution in [0.1, 0.15) is 37.7 Å². The van der Waals surface area contributed by atoms with E-state index in [0.717, 1.165) is 11.8 Å². The molecule has 2 fully saturated rings. The molecule has 172 valence electrons. The zero-order chi connectivity index (χ0) is 23.0. The molecule has 2 aromatic carbocycles. The molecule has 32 heavy (non-hydrogen) atoms. The van der Waals surface area contributed by atoms with Crippen molar-refractivity contribution in [3.05, 3.63) is 59.7 Å². The molecular weight excluding hydrogens is 434 g/mol. The van der Waals surface area contributed by atoms with Crippen molar-refractivity contribution in [1.82, 2.24) is 9.62 Å². The maximum absolute atomic E-state index is 14.4. The van der Waals surface area contributed by atoms with E-state index in [1.807, 2.05) is 24.0 Å². The Balaban J connectivity index is 1.50. The first-order valence-electron chi connectivity index (χ1n) is 10.9. The van der Waals surface area contributed by atoms with Crippen LogP contribution in [0.3, 0.4) is 0 Å². The number of carbonyl (C=O) groups is 1. The zero-order valence-electron chi connectivity index (χ0n) is 18.2. The molecule has 0 bridgehead atoms. The molecule has 2 aliphatic rings. The summed E-state index contributed by atoms with van der Waals surface area (Å²) in [7, 11) is -3.31. The second-order valence-corrected chi connectivity index (χ2v) is 10.8. The third-order valence-electron chi connectivity index (χ3n) is 6.63. The fourth-order valence-corrected chi connectivity index (χ4v) is 5.67. The van der Waals surface area contributed by atoms with E-state index < -0.39 is 21.7 Å². The molecule has 5 nitrogen and oxygen atoms in total. The summed E-state index contributed by atoms with van der Waals surface area (Å²) >= 11 is 0. The number of benzene rings is 2. The van der Waals surface area contributed by atoms with Gasteiger partial charge in [-0.05, 0) is 54.4 Å². The van der Waals surface area contributed by atoms with Gasteiger partial charge in [0, 0.05) is 25.0 Å². The minimum atomic E-state index is -3.31. The fourth-order valence-electron chi connectivity index (χ4n) is 4.77. The number of nitrogens with one attached hydrogen (secondary N) is 1.